The van der Waals surface area contributed by atoms with E-state index in [9.17, 15) is 14.9 Å². The Morgan fingerprint density at radius 3 is 2.56 bits per heavy atom. The van der Waals surface area contributed by atoms with Gasteiger partial charge in [0.05, 0.1) is 49.8 Å². The summed E-state index contributed by atoms with van der Waals surface area (Å²) >= 11 is 2.46. The molecule has 1 aliphatic carbocycles. The van der Waals surface area contributed by atoms with Crippen LogP contribution in [0.1, 0.15) is 45.1 Å². The average molecular weight is 647 g/mol. The highest BCUT2D eigenvalue weighted by Gasteiger charge is 2.45. The largest absolute Gasteiger partial charge is 0.497 e. The quantitative estimate of drug-likeness (QED) is 0.264. The lowest BCUT2D eigenvalue weighted by molar-refractivity contribution is -0.118. The molecule has 0 spiro atoms. The monoisotopic (exact) mass is 646 g/mol. The predicted octanol–water partition coefficient (Wildman–Crippen LogP) is 5.63. The Bertz CT molecular complexity index is 1720. The van der Waals surface area contributed by atoms with E-state index in [1.165, 1.54) is 30.2 Å². The third-order valence-corrected chi connectivity index (χ3v) is 9.54. The zero-order valence-corrected chi connectivity index (χ0v) is 27.3. The molecule has 1 aliphatic heterocycles. The van der Waals surface area contributed by atoms with Crippen LogP contribution in [0, 0.1) is 16.7 Å². The fourth-order valence-corrected chi connectivity index (χ4v) is 7.23. The van der Waals surface area contributed by atoms with Gasteiger partial charge in [0, 0.05) is 23.8 Å². The molecule has 0 bridgehead atoms. The maximum Gasteiger partial charge on any atom is 0.234 e. The van der Waals surface area contributed by atoms with Crippen molar-refractivity contribution in [1.82, 2.24) is 10.2 Å². The van der Waals surface area contributed by atoms with Gasteiger partial charge in [0.15, 0.2) is 10.1 Å². The van der Waals surface area contributed by atoms with Crippen LogP contribution in [0.4, 0.5) is 10.8 Å². The van der Waals surface area contributed by atoms with Gasteiger partial charge in [-0.3, -0.25) is 14.5 Å². The van der Waals surface area contributed by atoms with Gasteiger partial charge >= 0.3 is 0 Å². The van der Waals surface area contributed by atoms with Crippen LogP contribution < -0.4 is 30.2 Å². The number of methoxy groups -OCH3 is 2. The lowest BCUT2D eigenvalue weighted by Gasteiger charge is -2.42. The highest BCUT2D eigenvalue weighted by molar-refractivity contribution is 8.01. The third kappa shape index (κ3) is 6.62. The van der Waals surface area contributed by atoms with E-state index in [-0.39, 0.29) is 34.3 Å². The summed E-state index contributed by atoms with van der Waals surface area (Å²) in [5, 5.41) is 22.3. The Hall–Kier alpha value is -4.54. The second kappa shape index (κ2) is 13.2. The van der Waals surface area contributed by atoms with Crippen LogP contribution >= 0.6 is 23.1 Å². The van der Waals surface area contributed by atoms with Crippen LogP contribution in [0.2, 0.25) is 0 Å². The number of nitrogens with two attached hydrogens (primary N) is 1. The summed E-state index contributed by atoms with van der Waals surface area (Å²) in [7, 11) is 3.07. The summed E-state index contributed by atoms with van der Waals surface area (Å²) in [4.78, 5) is 28.3. The lowest BCUT2D eigenvalue weighted by atomic mass is 9.68. The van der Waals surface area contributed by atoms with Gasteiger partial charge in [-0.15, -0.1) is 10.2 Å². The molecule has 1 atom stereocenters. The van der Waals surface area contributed by atoms with Gasteiger partial charge in [-0.25, -0.2) is 0 Å². The van der Waals surface area contributed by atoms with Gasteiger partial charge < -0.3 is 25.3 Å². The number of amides is 1. The van der Waals surface area contributed by atoms with Crippen LogP contribution in [0.25, 0.3) is 0 Å². The first-order valence-electron chi connectivity index (χ1n) is 14.3. The minimum Gasteiger partial charge on any atom is -0.497 e. The molecule has 13 heteroatoms. The van der Waals surface area contributed by atoms with Gasteiger partial charge in [0.1, 0.15) is 23.1 Å². The molecule has 3 N–H and O–H groups in total. The Kier molecular flexibility index (Phi) is 9.36. The van der Waals surface area contributed by atoms with Crippen LogP contribution in [0.15, 0.2) is 69.5 Å². The van der Waals surface area contributed by atoms with E-state index in [1.807, 2.05) is 45.0 Å². The molecule has 2 aliphatic rings. The van der Waals surface area contributed by atoms with E-state index >= 15 is 0 Å². The Labute approximate surface area is 270 Å². The van der Waals surface area contributed by atoms with Crippen molar-refractivity contribution in [2.75, 3.05) is 36.8 Å². The molecule has 0 radical (unpaired) electrons. The molecule has 2 aromatic carbocycles. The van der Waals surface area contributed by atoms with Crippen LogP contribution in [0.5, 0.6) is 17.2 Å². The van der Waals surface area contributed by atoms with E-state index in [0.717, 1.165) is 5.56 Å². The number of allylic oxidation sites excluding steroid dienone is 3. The summed E-state index contributed by atoms with van der Waals surface area (Å²) in [5.41, 5.74) is 9.23. The number of Topliss-reactive ketones (excluding diaryl/α,β-unsaturated/α-hetero) is 1. The Morgan fingerprint density at radius 1 is 1.16 bits per heavy atom. The summed E-state index contributed by atoms with van der Waals surface area (Å²) in [6.45, 7) is 6.51. The molecule has 1 aromatic heterocycles. The smallest absolute Gasteiger partial charge is 0.234 e. The zero-order chi connectivity index (χ0) is 32.3. The van der Waals surface area contributed by atoms with Gasteiger partial charge in [-0.2, -0.15) is 5.26 Å². The van der Waals surface area contributed by atoms with Crippen molar-refractivity contribution >= 4 is 45.6 Å². The summed E-state index contributed by atoms with van der Waals surface area (Å²) in [6, 6.07) is 14.8. The Balaban J connectivity index is 1.42. The number of ether oxygens (including phenoxy) is 3. The van der Waals surface area contributed by atoms with Crippen LogP contribution in [0.3, 0.4) is 0 Å². The molecule has 0 saturated carbocycles. The number of ketones is 1. The zero-order valence-electron chi connectivity index (χ0n) is 25.7. The number of nitriles is 1. The first kappa shape index (κ1) is 31.9. The minimum atomic E-state index is -0.610. The molecule has 11 nitrogen and oxygen atoms in total. The summed E-state index contributed by atoms with van der Waals surface area (Å²) < 4.78 is 16.7. The maximum absolute atomic E-state index is 13.8. The van der Waals surface area contributed by atoms with Crippen LogP contribution in [-0.2, 0) is 9.59 Å². The van der Waals surface area contributed by atoms with Gasteiger partial charge in [0.2, 0.25) is 11.0 Å². The summed E-state index contributed by atoms with van der Waals surface area (Å²) in [6.07, 6.45) is 0.895. The topological polar surface area (TPSA) is 153 Å². The minimum absolute atomic E-state index is 0.0323. The van der Waals surface area contributed by atoms with E-state index in [0.29, 0.717) is 63.1 Å². The second-order valence-corrected chi connectivity index (χ2v) is 13.4. The second-order valence-electron chi connectivity index (χ2n) is 11.2. The fourth-order valence-electron chi connectivity index (χ4n) is 5.55. The number of nitrogens with zero attached hydrogens (tertiary/aromatic N) is 4. The number of carbonyl (C=O) groups excluding carboxylic acids is 2. The maximum atomic E-state index is 13.8. The predicted molar refractivity (Wildman–Crippen MR) is 174 cm³/mol. The number of benzene rings is 2. The first-order chi connectivity index (χ1) is 21.6. The van der Waals surface area contributed by atoms with Crippen molar-refractivity contribution in [2.45, 2.75) is 43.9 Å². The highest BCUT2D eigenvalue weighted by atomic mass is 32.2. The van der Waals surface area contributed by atoms with E-state index in [2.05, 4.69) is 21.6 Å². The molecule has 0 saturated heterocycles. The molecular weight excluding hydrogens is 613 g/mol. The van der Waals surface area contributed by atoms with Crippen LogP contribution in [-0.4, -0.2) is 48.5 Å². The normalized spacial score (nSPS) is 17.5. The number of anilines is 2. The molecule has 1 unspecified atom stereocenters. The van der Waals surface area contributed by atoms with Gasteiger partial charge in [-0.1, -0.05) is 49.1 Å². The molecule has 2 heterocycles. The number of rotatable bonds is 10. The number of thioether (sulfide) groups is 1. The number of carbonyl (C=O) groups is 2. The molecular formula is C32H34N6O5S2. The standard InChI is InChI=1S/C32H34N6O5S2/c1-6-43-19-9-7-18(8-10-19)27-21(16-33)29(34)38(23-14-32(2,3)15-24(39)28(23)27)30-36-37-31(45-30)44-17-26(40)35-22-12-11-20(41-4)13-25(22)42-5/h7-13,27H,6,14-15,17,34H2,1-5H3,(H,35,40). The molecule has 5 rings (SSSR count). The van der Waals surface area contributed by atoms with Crippen molar-refractivity contribution in [3.05, 3.63) is 70.7 Å². The highest BCUT2D eigenvalue weighted by Crippen LogP contribution is 2.51. The molecule has 0 fully saturated rings. The number of aromatic nitrogens is 2. The van der Waals surface area contributed by atoms with Gasteiger partial charge in [0.25, 0.3) is 0 Å². The number of hydrogen-bond acceptors (Lipinski definition) is 12. The molecule has 45 heavy (non-hydrogen) atoms. The Morgan fingerprint density at radius 2 is 1.89 bits per heavy atom. The van der Waals surface area contributed by atoms with Crippen molar-refractivity contribution in [2.24, 2.45) is 11.1 Å². The molecule has 234 valence electrons. The van der Waals surface area contributed by atoms with E-state index < -0.39 is 5.92 Å². The van der Waals surface area contributed by atoms with Gasteiger partial charge in [-0.05, 0) is 48.6 Å². The van der Waals surface area contributed by atoms with Crippen molar-refractivity contribution in [3.63, 3.8) is 0 Å². The SMILES string of the molecule is CCOc1ccc(C2C(C#N)=C(N)N(c3nnc(SCC(=O)Nc4ccc(OC)cc4OC)s3)C3=C2C(=O)CC(C)(C)C3)cc1. The average Bonchev–Trinajstić information content (AvgIpc) is 3.48. The van der Waals surface area contributed by atoms with E-state index in [1.54, 1.807) is 30.2 Å². The van der Waals surface area contributed by atoms with E-state index in [4.69, 9.17) is 19.9 Å². The third-order valence-electron chi connectivity index (χ3n) is 7.50. The number of nitrogens with one attached hydrogen (secondary N) is 1. The van der Waals surface area contributed by atoms with Crippen molar-refractivity contribution in [3.8, 4) is 23.3 Å². The van der Waals surface area contributed by atoms with Crippen molar-refractivity contribution < 1.29 is 23.8 Å². The summed E-state index contributed by atoms with van der Waals surface area (Å²) in [5.74, 6) is 1.16. The molecule has 1 amide bonds. The number of hydrogen-bond donors (Lipinski definition) is 2. The lowest BCUT2D eigenvalue weighted by Crippen LogP contribution is -2.42. The fraction of sp³-hybridized carbons (Fsp3) is 0.344. The van der Waals surface area contributed by atoms with Crippen molar-refractivity contribution in [1.29, 1.82) is 5.26 Å². The first-order valence-corrected chi connectivity index (χ1v) is 16.1. The molecule has 3 aromatic rings.